The minimum atomic E-state index is -4.17. The topological polar surface area (TPSA) is 82.1 Å². The van der Waals surface area contributed by atoms with E-state index in [-0.39, 0.29) is 19.8 Å². The first-order valence-electron chi connectivity index (χ1n) is 10.8. The number of hydrogen-bond acceptors (Lipinski definition) is 5. The second kappa shape index (κ2) is 17.5. The Morgan fingerprint density at radius 2 is 1.04 bits per heavy atom. The molecular weight excluding hydrogens is 466 g/mol. The summed E-state index contributed by atoms with van der Waals surface area (Å²) < 4.78 is 40.8. The van der Waals surface area contributed by atoms with E-state index in [0.717, 1.165) is 70.6 Å². The van der Waals surface area contributed by atoms with Gasteiger partial charge in [-0.2, -0.15) is 0 Å². The van der Waals surface area contributed by atoms with Gasteiger partial charge in [0.05, 0.1) is 19.8 Å². The number of hydrogen-bond donors (Lipinski definition) is 1. The molecule has 2 atom stereocenters. The molecule has 2 unspecified atom stereocenters. The summed E-state index contributed by atoms with van der Waals surface area (Å²) >= 11 is 3.12. The molecule has 0 aromatic carbocycles. The molecule has 28 heavy (non-hydrogen) atoms. The predicted octanol–water partition coefficient (Wildman–Crippen LogP) is 7.83. The molecule has 0 bridgehead atoms. The third-order valence-corrected chi connectivity index (χ3v) is 11.8. The molecule has 0 aliphatic carbocycles. The average molecular weight is 507 g/mol. The van der Waals surface area contributed by atoms with Gasteiger partial charge in [0.2, 0.25) is 4.31 Å². The summed E-state index contributed by atoms with van der Waals surface area (Å²) in [6, 6.07) is 0. The van der Waals surface area contributed by atoms with Gasteiger partial charge in [-0.1, -0.05) is 94.5 Å². The average Bonchev–Trinajstić information content (AvgIpc) is 2.67. The summed E-state index contributed by atoms with van der Waals surface area (Å²) in [6.45, 7) is 6.95. The summed E-state index contributed by atoms with van der Waals surface area (Å²) in [6.07, 6.45) is 11.5. The molecule has 0 radical (unpaired) electrons. The zero-order chi connectivity index (χ0) is 21.3. The van der Waals surface area contributed by atoms with Crippen LogP contribution >= 0.6 is 31.1 Å². The van der Waals surface area contributed by atoms with Crippen molar-refractivity contribution in [2.75, 3.05) is 19.8 Å². The highest BCUT2D eigenvalue weighted by Gasteiger charge is 2.47. The van der Waals surface area contributed by atoms with Crippen molar-refractivity contribution >= 4 is 31.1 Å². The molecule has 0 heterocycles. The Labute approximate surface area is 180 Å². The van der Waals surface area contributed by atoms with Crippen molar-refractivity contribution in [2.24, 2.45) is 0 Å². The maximum Gasteiger partial charge on any atom is 0.356 e. The van der Waals surface area contributed by atoms with Crippen LogP contribution in [0.3, 0.4) is 0 Å². The Balaban J connectivity index is 4.77. The predicted molar refractivity (Wildman–Crippen MR) is 120 cm³/mol. The minimum Gasteiger partial charge on any atom is -0.323 e. The van der Waals surface area contributed by atoms with Gasteiger partial charge in [0, 0.05) is 0 Å². The van der Waals surface area contributed by atoms with E-state index in [2.05, 4.69) is 36.7 Å². The van der Waals surface area contributed by atoms with Crippen LogP contribution in [-0.4, -0.2) is 29.0 Å². The molecule has 6 nitrogen and oxygen atoms in total. The van der Waals surface area contributed by atoms with Crippen molar-refractivity contribution in [3.63, 3.8) is 0 Å². The van der Waals surface area contributed by atoms with Gasteiger partial charge in [-0.3, -0.25) is 9.13 Å². The first-order chi connectivity index (χ1) is 13.3. The van der Waals surface area contributed by atoms with Crippen LogP contribution in [0.25, 0.3) is 0 Å². The zero-order valence-electron chi connectivity index (χ0n) is 17.9. The standard InChI is InChI=1S/C19H41BrO6P2/c1-4-7-10-13-16-24-27(21,22)19(20)28(23,25-17-14-11-8-5-2)26-18-15-12-9-6-3/h19H,4-18H2,1-3H3,(H,21,22). The lowest BCUT2D eigenvalue weighted by Gasteiger charge is -2.26. The second-order valence-corrected chi connectivity index (χ2v) is 13.8. The van der Waals surface area contributed by atoms with Crippen molar-refractivity contribution < 1.29 is 27.6 Å². The minimum absolute atomic E-state index is 0.156. The summed E-state index contributed by atoms with van der Waals surface area (Å²) in [7, 11) is -7.98. The highest BCUT2D eigenvalue weighted by molar-refractivity contribution is 9.12. The van der Waals surface area contributed by atoms with Crippen molar-refractivity contribution in [3.8, 4) is 0 Å². The van der Waals surface area contributed by atoms with E-state index in [9.17, 15) is 14.0 Å². The van der Waals surface area contributed by atoms with Crippen LogP contribution in [0, 0.1) is 0 Å². The van der Waals surface area contributed by atoms with Gasteiger partial charge in [-0.25, -0.2) is 0 Å². The summed E-state index contributed by atoms with van der Waals surface area (Å²) in [5.74, 6) is 0. The Morgan fingerprint density at radius 1 is 0.679 bits per heavy atom. The smallest absolute Gasteiger partial charge is 0.323 e. The SMILES string of the molecule is CCCCCCOP(=O)(O)C(Br)P(=O)(OCCCCCC)OCCCCCC. The van der Waals surface area contributed by atoms with E-state index in [1.54, 1.807) is 0 Å². The molecule has 0 rings (SSSR count). The largest absolute Gasteiger partial charge is 0.356 e. The monoisotopic (exact) mass is 506 g/mol. The lowest BCUT2D eigenvalue weighted by atomic mass is 10.2. The summed E-state index contributed by atoms with van der Waals surface area (Å²) in [5, 5.41) is 0. The highest BCUT2D eigenvalue weighted by atomic mass is 79.9. The first kappa shape index (κ1) is 28.8. The third kappa shape index (κ3) is 13.2. The summed E-state index contributed by atoms with van der Waals surface area (Å²) in [5.41, 5.74) is 0. The number of alkyl halides is 1. The van der Waals surface area contributed by atoms with Crippen LogP contribution in [0.15, 0.2) is 0 Å². The van der Waals surface area contributed by atoms with Crippen molar-refractivity contribution in [1.82, 2.24) is 0 Å². The molecule has 1 N–H and O–H groups in total. The van der Waals surface area contributed by atoms with Gasteiger partial charge in [-0.15, -0.1) is 0 Å². The third-order valence-electron chi connectivity index (χ3n) is 4.34. The molecule has 0 aliphatic heterocycles. The normalized spacial score (nSPS) is 15.5. The Kier molecular flexibility index (Phi) is 17.9. The molecule has 0 fully saturated rings. The van der Waals surface area contributed by atoms with Crippen LogP contribution in [0.4, 0.5) is 0 Å². The van der Waals surface area contributed by atoms with Crippen LogP contribution in [0.2, 0.25) is 0 Å². The van der Waals surface area contributed by atoms with E-state index >= 15 is 0 Å². The molecule has 0 spiro atoms. The number of halogens is 1. The van der Waals surface area contributed by atoms with Crippen molar-refractivity contribution in [1.29, 1.82) is 0 Å². The molecule has 0 saturated carbocycles. The first-order valence-corrected chi connectivity index (χ1v) is 15.0. The number of unbranched alkanes of at least 4 members (excludes halogenated alkanes) is 9. The van der Waals surface area contributed by atoms with Crippen LogP contribution in [0.1, 0.15) is 97.8 Å². The maximum atomic E-state index is 13.3. The molecule has 9 heteroatoms. The fraction of sp³-hybridized carbons (Fsp3) is 1.00. The van der Waals surface area contributed by atoms with Crippen LogP contribution in [-0.2, 0) is 22.7 Å². The fourth-order valence-electron chi connectivity index (χ4n) is 2.57. The molecule has 0 aliphatic rings. The lowest BCUT2D eigenvalue weighted by Crippen LogP contribution is -2.11. The van der Waals surface area contributed by atoms with Gasteiger partial charge in [-0.05, 0) is 19.3 Å². The van der Waals surface area contributed by atoms with Gasteiger partial charge >= 0.3 is 15.2 Å². The highest BCUT2D eigenvalue weighted by Crippen LogP contribution is 2.70. The lowest BCUT2D eigenvalue weighted by molar-refractivity contribution is 0.195. The van der Waals surface area contributed by atoms with E-state index in [4.69, 9.17) is 13.6 Å². The zero-order valence-corrected chi connectivity index (χ0v) is 21.3. The van der Waals surface area contributed by atoms with E-state index in [1.165, 1.54) is 0 Å². The molecule has 170 valence electrons. The van der Waals surface area contributed by atoms with Gasteiger partial charge in [0.1, 0.15) is 0 Å². The molecule has 0 aromatic rings. The van der Waals surface area contributed by atoms with E-state index in [0.29, 0.717) is 6.42 Å². The van der Waals surface area contributed by atoms with Crippen molar-refractivity contribution in [3.05, 3.63) is 0 Å². The van der Waals surface area contributed by atoms with E-state index in [1.807, 2.05) is 0 Å². The van der Waals surface area contributed by atoms with Gasteiger partial charge in [0.15, 0.2) is 0 Å². The van der Waals surface area contributed by atoms with Crippen LogP contribution in [0.5, 0.6) is 0 Å². The van der Waals surface area contributed by atoms with Gasteiger partial charge in [0.25, 0.3) is 0 Å². The van der Waals surface area contributed by atoms with Crippen LogP contribution < -0.4 is 0 Å². The van der Waals surface area contributed by atoms with Crippen molar-refractivity contribution in [2.45, 2.75) is 102 Å². The molecular formula is C19H41BrO6P2. The fourth-order valence-corrected chi connectivity index (χ4v) is 7.26. The van der Waals surface area contributed by atoms with E-state index < -0.39 is 19.5 Å². The quantitative estimate of drug-likeness (QED) is 0.103. The Morgan fingerprint density at radius 3 is 1.39 bits per heavy atom. The molecule has 0 saturated heterocycles. The Hall–Kier alpha value is 0.780. The molecule has 0 amide bonds. The molecule has 0 aromatic heterocycles. The Bertz CT molecular complexity index is 446. The second-order valence-electron chi connectivity index (χ2n) is 7.10. The van der Waals surface area contributed by atoms with Gasteiger partial charge < -0.3 is 18.5 Å². The number of rotatable bonds is 20. The summed E-state index contributed by atoms with van der Waals surface area (Å²) in [4.78, 5) is 10.3. The maximum absolute atomic E-state index is 13.3.